The second-order valence-electron chi connectivity index (χ2n) is 5.68. The number of aliphatic hydroxyl groups excluding tert-OH is 1. The monoisotopic (exact) mass is 309 g/mol. The molecule has 0 aromatic heterocycles. The number of hydrogen-bond donors (Lipinski definition) is 1. The average molecular weight is 309 g/mol. The van der Waals surface area contributed by atoms with Crippen molar-refractivity contribution in [3.63, 3.8) is 0 Å². The summed E-state index contributed by atoms with van der Waals surface area (Å²) in [7, 11) is 0. The zero-order valence-corrected chi connectivity index (χ0v) is 13.5. The highest BCUT2D eigenvalue weighted by molar-refractivity contribution is 5.33. The summed E-state index contributed by atoms with van der Waals surface area (Å²) in [5.41, 5.74) is 2.48. The lowest BCUT2D eigenvalue weighted by Gasteiger charge is -2.13. The first kappa shape index (κ1) is 17.1. The average Bonchev–Trinajstić information content (AvgIpc) is 2.60. The maximum atomic E-state index is 10.2. The lowest BCUT2D eigenvalue weighted by molar-refractivity contribution is 0.163. The van der Waals surface area contributed by atoms with Crippen LogP contribution in [0, 0.1) is 11.3 Å². The minimum absolute atomic E-state index is 0.408. The van der Waals surface area contributed by atoms with Gasteiger partial charge in [0.2, 0.25) is 0 Å². The van der Waals surface area contributed by atoms with E-state index in [0.29, 0.717) is 12.2 Å². The summed E-state index contributed by atoms with van der Waals surface area (Å²) >= 11 is 0. The summed E-state index contributed by atoms with van der Waals surface area (Å²) in [4.78, 5) is 0. The van der Waals surface area contributed by atoms with E-state index in [4.69, 9.17) is 10.00 Å². The molecule has 0 fully saturated rings. The maximum absolute atomic E-state index is 10.2. The number of unbranched alkanes of at least 4 members (excludes halogenated alkanes) is 2. The molecular formula is C20H23NO2. The molecule has 2 aromatic rings. The van der Waals surface area contributed by atoms with Crippen LogP contribution in [-0.2, 0) is 6.61 Å². The van der Waals surface area contributed by atoms with Crippen LogP contribution in [0.2, 0.25) is 0 Å². The minimum Gasteiger partial charge on any atom is -0.489 e. The van der Waals surface area contributed by atoms with Crippen molar-refractivity contribution < 1.29 is 9.84 Å². The van der Waals surface area contributed by atoms with E-state index in [-0.39, 0.29) is 0 Å². The maximum Gasteiger partial charge on any atom is 0.120 e. The highest BCUT2D eigenvalue weighted by atomic mass is 16.5. The number of ether oxygens (including phenoxy) is 1. The largest absolute Gasteiger partial charge is 0.489 e. The van der Waals surface area contributed by atoms with Gasteiger partial charge in [-0.2, -0.15) is 5.26 Å². The van der Waals surface area contributed by atoms with E-state index in [9.17, 15) is 5.11 Å². The van der Waals surface area contributed by atoms with Crippen LogP contribution >= 0.6 is 0 Å². The van der Waals surface area contributed by atoms with Gasteiger partial charge in [0.05, 0.1) is 17.7 Å². The molecule has 0 bridgehead atoms. The topological polar surface area (TPSA) is 53.2 Å². The molecule has 0 spiro atoms. The fourth-order valence-corrected chi connectivity index (χ4v) is 2.46. The summed E-state index contributed by atoms with van der Waals surface area (Å²) < 4.78 is 5.79. The Hall–Kier alpha value is -2.31. The fourth-order valence-electron chi connectivity index (χ4n) is 2.46. The SMILES string of the molecule is CCCCC[C@@H](O)c1cccc(OCc2cccc(C#N)c2)c1. The van der Waals surface area contributed by atoms with E-state index in [0.717, 1.165) is 42.6 Å². The van der Waals surface area contributed by atoms with Crippen LogP contribution in [0.25, 0.3) is 0 Å². The van der Waals surface area contributed by atoms with Crippen molar-refractivity contribution in [1.29, 1.82) is 5.26 Å². The van der Waals surface area contributed by atoms with Crippen LogP contribution in [0.15, 0.2) is 48.5 Å². The number of rotatable bonds is 8. The molecule has 3 nitrogen and oxygen atoms in total. The lowest BCUT2D eigenvalue weighted by atomic mass is 10.0. The van der Waals surface area contributed by atoms with Crippen LogP contribution in [0.5, 0.6) is 5.75 Å². The minimum atomic E-state index is -0.438. The van der Waals surface area contributed by atoms with Crippen LogP contribution in [-0.4, -0.2) is 5.11 Å². The van der Waals surface area contributed by atoms with Gasteiger partial charge in [-0.3, -0.25) is 0 Å². The second kappa shape index (κ2) is 8.97. The molecule has 0 unspecified atom stereocenters. The van der Waals surface area contributed by atoms with Crippen LogP contribution in [0.4, 0.5) is 0 Å². The Morgan fingerprint density at radius 1 is 1.13 bits per heavy atom. The molecule has 0 heterocycles. The Morgan fingerprint density at radius 3 is 2.74 bits per heavy atom. The van der Waals surface area contributed by atoms with E-state index in [1.54, 1.807) is 6.07 Å². The number of nitriles is 1. The molecule has 120 valence electrons. The molecule has 0 radical (unpaired) electrons. The number of nitrogens with zero attached hydrogens (tertiary/aromatic N) is 1. The molecule has 1 N–H and O–H groups in total. The smallest absolute Gasteiger partial charge is 0.120 e. The van der Waals surface area contributed by atoms with Crippen molar-refractivity contribution in [3.8, 4) is 11.8 Å². The first-order valence-corrected chi connectivity index (χ1v) is 8.12. The van der Waals surface area contributed by atoms with Gasteiger partial charge in [0.1, 0.15) is 12.4 Å². The predicted octanol–water partition coefficient (Wildman–Crippen LogP) is 4.75. The van der Waals surface area contributed by atoms with Gasteiger partial charge in [-0.05, 0) is 41.8 Å². The van der Waals surface area contributed by atoms with Gasteiger partial charge in [-0.25, -0.2) is 0 Å². The molecule has 0 saturated heterocycles. The van der Waals surface area contributed by atoms with Gasteiger partial charge < -0.3 is 9.84 Å². The van der Waals surface area contributed by atoms with Gasteiger partial charge in [0.25, 0.3) is 0 Å². The summed E-state index contributed by atoms with van der Waals surface area (Å²) in [6.45, 7) is 2.56. The quantitative estimate of drug-likeness (QED) is 0.716. The van der Waals surface area contributed by atoms with E-state index >= 15 is 0 Å². The lowest BCUT2D eigenvalue weighted by Crippen LogP contribution is -2.00. The molecular weight excluding hydrogens is 286 g/mol. The number of benzene rings is 2. The summed E-state index contributed by atoms with van der Waals surface area (Å²) in [5.74, 6) is 0.736. The molecule has 23 heavy (non-hydrogen) atoms. The third-order valence-corrected chi connectivity index (χ3v) is 3.79. The van der Waals surface area contributed by atoms with E-state index in [1.807, 2.05) is 42.5 Å². The first-order chi connectivity index (χ1) is 11.2. The Morgan fingerprint density at radius 2 is 1.96 bits per heavy atom. The third kappa shape index (κ3) is 5.43. The summed E-state index contributed by atoms with van der Waals surface area (Å²) in [6, 6.07) is 17.1. The number of hydrogen-bond acceptors (Lipinski definition) is 3. The van der Waals surface area contributed by atoms with Gasteiger partial charge in [-0.15, -0.1) is 0 Å². The van der Waals surface area contributed by atoms with E-state index in [1.165, 1.54) is 0 Å². The molecule has 2 aromatic carbocycles. The molecule has 3 heteroatoms. The zero-order chi connectivity index (χ0) is 16.5. The molecule has 0 aliphatic rings. The van der Waals surface area contributed by atoms with E-state index < -0.39 is 6.10 Å². The Balaban J connectivity index is 1.95. The molecule has 0 saturated carbocycles. The molecule has 0 amide bonds. The molecule has 0 aliphatic heterocycles. The van der Waals surface area contributed by atoms with Gasteiger partial charge in [0, 0.05) is 0 Å². The molecule has 2 rings (SSSR count). The van der Waals surface area contributed by atoms with E-state index in [2.05, 4.69) is 13.0 Å². The number of aliphatic hydroxyl groups is 1. The van der Waals surface area contributed by atoms with Crippen molar-refractivity contribution >= 4 is 0 Å². The van der Waals surface area contributed by atoms with Crippen molar-refractivity contribution in [3.05, 3.63) is 65.2 Å². The van der Waals surface area contributed by atoms with Crippen LogP contribution < -0.4 is 4.74 Å². The van der Waals surface area contributed by atoms with Crippen molar-refractivity contribution in [1.82, 2.24) is 0 Å². The standard InChI is InChI=1S/C20H23NO2/c1-2-3-4-11-20(22)18-9-6-10-19(13-18)23-15-17-8-5-7-16(12-17)14-21/h5-10,12-13,20,22H,2-4,11,15H2,1H3/t20-/m1/s1. The molecule has 1 atom stereocenters. The van der Waals surface area contributed by atoms with Crippen molar-refractivity contribution in [2.24, 2.45) is 0 Å². The Kier molecular flexibility index (Phi) is 6.65. The summed E-state index contributed by atoms with van der Waals surface area (Å²) in [6.07, 6.45) is 3.66. The Labute approximate surface area is 138 Å². The third-order valence-electron chi connectivity index (χ3n) is 3.79. The highest BCUT2D eigenvalue weighted by Crippen LogP contribution is 2.24. The van der Waals surface area contributed by atoms with Crippen molar-refractivity contribution in [2.75, 3.05) is 0 Å². The predicted molar refractivity (Wildman–Crippen MR) is 91.0 cm³/mol. The van der Waals surface area contributed by atoms with Crippen LogP contribution in [0.1, 0.15) is 55.4 Å². The van der Waals surface area contributed by atoms with Crippen LogP contribution in [0.3, 0.4) is 0 Å². The summed E-state index contributed by atoms with van der Waals surface area (Å²) in [5, 5.41) is 19.1. The second-order valence-corrected chi connectivity index (χ2v) is 5.68. The Bertz CT molecular complexity index is 661. The molecule has 0 aliphatic carbocycles. The highest BCUT2D eigenvalue weighted by Gasteiger charge is 2.08. The van der Waals surface area contributed by atoms with Gasteiger partial charge in [0.15, 0.2) is 0 Å². The fraction of sp³-hybridized carbons (Fsp3) is 0.350. The van der Waals surface area contributed by atoms with Gasteiger partial charge >= 0.3 is 0 Å². The van der Waals surface area contributed by atoms with Crippen molar-refractivity contribution in [2.45, 2.75) is 45.3 Å². The first-order valence-electron chi connectivity index (χ1n) is 8.12. The normalized spacial score (nSPS) is 11.7. The van der Waals surface area contributed by atoms with Gasteiger partial charge in [-0.1, -0.05) is 50.5 Å². The zero-order valence-electron chi connectivity index (χ0n) is 13.5.